The molecule has 4 nitrogen and oxygen atoms in total. The van der Waals surface area contributed by atoms with Crippen molar-refractivity contribution in [2.75, 3.05) is 33.3 Å². The SMILES string of the molecule is CN(CCNC[C@H](O)CO)C1CCCC1. The zero-order valence-electron chi connectivity index (χ0n) is 9.65. The zero-order valence-corrected chi connectivity index (χ0v) is 9.65. The van der Waals surface area contributed by atoms with Crippen molar-refractivity contribution in [1.29, 1.82) is 0 Å². The predicted molar refractivity (Wildman–Crippen MR) is 60.8 cm³/mol. The lowest BCUT2D eigenvalue weighted by molar-refractivity contribution is 0.0936. The highest BCUT2D eigenvalue weighted by atomic mass is 16.3. The molecule has 0 radical (unpaired) electrons. The third kappa shape index (κ3) is 4.93. The summed E-state index contributed by atoms with van der Waals surface area (Å²) in [6, 6.07) is 0.759. The van der Waals surface area contributed by atoms with Gasteiger partial charge in [0, 0.05) is 25.7 Å². The van der Waals surface area contributed by atoms with Crippen molar-refractivity contribution in [3.05, 3.63) is 0 Å². The summed E-state index contributed by atoms with van der Waals surface area (Å²) < 4.78 is 0. The van der Waals surface area contributed by atoms with Crippen LogP contribution in [0.5, 0.6) is 0 Å². The van der Waals surface area contributed by atoms with Crippen LogP contribution in [0.2, 0.25) is 0 Å². The van der Waals surface area contributed by atoms with Crippen molar-refractivity contribution < 1.29 is 10.2 Å². The average Bonchev–Trinajstić information content (AvgIpc) is 2.77. The van der Waals surface area contributed by atoms with Crippen LogP contribution in [0.15, 0.2) is 0 Å². The maximum atomic E-state index is 9.11. The predicted octanol–water partition coefficient (Wildman–Crippen LogP) is -0.196. The van der Waals surface area contributed by atoms with Crippen molar-refractivity contribution in [2.45, 2.75) is 37.8 Å². The van der Waals surface area contributed by atoms with Crippen LogP contribution in [-0.2, 0) is 0 Å². The molecule has 0 unspecified atom stereocenters. The van der Waals surface area contributed by atoms with E-state index in [-0.39, 0.29) is 6.61 Å². The molecule has 0 aromatic rings. The molecule has 15 heavy (non-hydrogen) atoms. The van der Waals surface area contributed by atoms with Crippen molar-refractivity contribution in [2.24, 2.45) is 0 Å². The molecule has 0 saturated heterocycles. The maximum Gasteiger partial charge on any atom is 0.0894 e. The van der Waals surface area contributed by atoms with E-state index in [1.807, 2.05) is 0 Å². The Balaban J connectivity index is 1.99. The van der Waals surface area contributed by atoms with E-state index in [0.717, 1.165) is 19.1 Å². The molecule has 1 aliphatic rings. The minimum absolute atomic E-state index is 0.161. The van der Waals surface area contributed by atoms with Crippen molar-refractivity contribution in [1.82, 2.24) is 10.2 Å². The van der Waals surface area contributed by atoms with Gasteiger partial charge in [0.15, 0.2) is 0 Å². The topological polar surface area (TPSA) is 55.7 Å². The Hall–Kier alpha value is -0.160. The summed E-state index contributed by atoms with van der Waals surface area (Å²) in [6.07, 6.45) is 4.77. The molecule has 1 saturated carbocycles. The Kier molecular flexibility index (Phi) is 6.17. The molecule has 0 spiro atoms. The summed E-state index contributed by atoms with van der Waals surface area (Å²) in [6.45, 7) is 2.22. The normalized spacial score (nSPS) is 20.0. The van der Waals surface area contributed by atoms with Gasteiger partial charge in [-0.1, -0.05) is 12.8 Å². The van der Waals surface area contributed by atoms with Gasteiger partial charge in [-0.25, -0.2) is 0 Å². The molecule has 4 heteroatoms. The highest BCUT2D eigenvalue weighted by Crippen LogP contribution is 2.21. The van der Waals surface area contributed by atoms with Crippen molar-refractivity contribution in [3.63, 3.8) is 0 Å². The minimum Gasteiger partial charge on any atom is -0.394 e. The highest BCUT2D eigenvalue weighted by Gasteiger charge is 2.18. The van der Waals surface area contributed by atoms with Crippen LogP contribution in [0, 0.1) is 0 Å². The van der Waals surface area contributed by atoms with E-state index in [1.165, 1.54) is 25.7 Å². The average molecular weight is 216 g/mol. The standard InChI is InChI=1S/C11H24N2O2/c1-13(10-4-2-3-5-10)7-6-12-8-11(15)9-14/h10-12,14-15H,2-9H2,1H3/t11-/m0/s1. The fourth-order valence-electron chi connectivity index (χ4n) is 2.12. The van der Waals surface area contributed by atoms with Gasteiger partial charge in [-0.05, 0) is 19.9 Å². The van der Waals surface area contributed by atoms with E-state index in [1.54, 1.807) is 0 Å². The lowest BCUT2D eigenvalue weighted by Crippen LogP contribution is -2.38. The first kappa shape index (κ1) is 12.9. The van der Waals surface area contributed by atoms with Crippen molar-refractivity contribution >= 4 is 0 Å². The summed E-state index contributed by atoms with van der Waals surface area (Å²) in [5, 5.41) is 20.9. The van der Waals surface area contributed by atoms with Crippen LogP contribution in [0.25, 0.3) is 0 Å². The molecule has 0 bridgehead atoms. The number of hydrogen-bond donors (Lipinski definition) is 3. The van der Waals surface area contributed by atoms with Gasteiger partial charge in [0.05, 0.1) is 12.7 Å². The fraction of sp³-hybridized carbons (Fsp3) is 1.00. The number of nitrogens with one attached hydrogen (secondary N) is 1. The first-order chi connectivity index (χ1) is 7.24. The van der Waals surface area contributed by atoms with E-state index < -0.39 is 6.10 Å². The second kappa shape index (κ2) is 7.17. The lowest BCUT2D eigenvalue weighted by Gasteiger charge is -2.24. The summed E-state index contributed by atoms with van der Waals surface area (Å²) in [7, 11) is 2.17. The Morgan fingerprint density at radius 2 is 2.07 bits per heavy atom. The summed E-state index contributed by atoms with van der Waals surface area (Å²) in [5.41, 5.74) is 0. The van der Waals surface area contributed by atoms with Crippen LogP contribution in [0.3, 0.4) is 0 Å². The second-order valence-corrected chi connectivity index (χ2v) is 4.46. The summed E-state index contributed by atoms with van der Waals surface area (Å²) in [5.74, 6) is 0. The Bertz CT molecular complexity index is 161. The molecule has 90 valence electrons. The number of aliphatic hydroxyl groups excluding tert-OH is 2. The van der Waals surface area contributed by atoms with Gasteiger partial charge in [-0.3, -0.25) is 0 Å². The third-order valence-corrected chi connectivity index (χ3v) is 3.18. The molecule has 1 aliphatic carbocycles. The quantitative estimate of drug-likeness (QED) is 0.516. The number of likely N-dealkylation sites (N-methyl/N-ethyl adjacent to an activating group) is 1. The van der Waals surface area contributed by atoms with E-state index in [4.69, 9.17) is 10.2 Å². The number of hydrogen-bond acceptors (Lipinski definition) is 4. The van der Waals surface area contributed by atoms with Gasteiger partial charge in [-0.15, -0.1) is 0 Å². The molecule has 1 rings (SSSR count). The largest absolute Gasteiger partial charge is 0.394 e. The summed E-state index contributed by atoms with van der Waals surface area (Å²) in [4.78, 5) is 2.39. The first-order valence-corrected chi connectivity index (χ1v) is 5.94. The van der Waals surface area contributed by atoms with E-state index in [0.29, 0.717) is 6.54 Å². The Morgan fingerprint density at radius 3 is 2.67 bits per heavy atom. The third-order valence-electron chi connectivity index (χ3n) is 3.18. The molecule has 3 N–H and O–H groups in total. The van der Waals surface area contributed by atoms with Crippen LogP contribution < -0.4 is 5.32 Å². The first-order valence-electron chi connectivity index (χ1n) is 5.94. The van der Waals surface area contributed by atoms with E-state index in [9.17, 15) is 0 Å². The molecule has 0 amide bonds. The van der Waals surface area contributed by atoms with Gasteiger partial charge in [0.1, 0.15) is 0 Å². The fourth-order valence-corrected chi connectivity index (χ4v) is 2.12. The molecule has 1 atom stereocenters. The van der Waals surface area contributed by atoms with Gasteiger partial charge in [-0.2, -0.15) is 0 Å². The molecule has 0 aromatic heterocycles. The molecule has 0 aliphatic heterocycles. The maximum absolute atomic E-state index is 9.11. The summed E-state index contributed by atoms with van der Waals surface area (Å²) >= 11 is 0. The molecular formula is C11H24N2O2. The molecular weight excluding hydrogens is 192 g/mol. The zero-order chi connectivity index (χ0) is 11.1. The Labute approximate surface area is 92.3 Å². The highest BCUT2D eigenvalue weighted by molar-refractivity contribution is 4.75. The molecule has 0 aromatic carbocycles. The molecule has 0 heterocycles. The van der Waals surface area contributed by atoms with E-state index >= 15 is 0 Å². The van der Waals surface area contributed by atoms with E-state index in [2.05, 4.69) is 17.3 Å². The van der Waals surface area contributed by atoms with Crippen LogP contribution in [-0.4, -0.2) is 60.5 Å². The lowest BCUT2D eigenvalue weighted by atomic mass is 10.2. The smallest absolute Gasteiger partial charge is 0.0894 e. The van der Waals surface area contributed by atoms with Crippen molar-refractivity contribution in [3.8, 4) is 0 Å². The van der Waals surface area contributed by atoms with Crippen LogP contribution in [0.1, 0.15) is 25.7 Å². The van der Waals surface area contributed by atoms with Crippen LogP contribution in [0.4, 0.5) is 0 Å². The van der Waals surface area contributed by atoms with Gasteiger partial charge >= 0.3 is 0 Å². The van der Waals surface area contributed by atoms with Crippen LogP contribution >= 0.6 is 0 Å². The number of aliphatic hydroxyl groups is 2. The van der Waals surface area contributed by atoms with Gasteiger partial charge < -0.3 is 20.4 Å². The number of nitrogens with zero attached hydrogens (tertiary/aromatic N) is 1. The van der Waals surface area contributed by atoms with Gasteiger partial charge in [0.2, 0.25) is 0 Å². The monoisotopic (exact) mass is 216 g/mol. The molecule has 1 fully saturated rings. The Morgan fingerprint density at radius 1 is 1.40 bits per heavy atom. The van der Waals surface area contributed by atoms with Gasteiger partial charge in [0.25, 0.3) is 0 Å². The minimum atomic E-state index is -0.623. The number of rotatable bonds is 7. The second-order valence-electron chi connectivity index (χ2n) is 4.46.